The fourth-order valence-corrected chi connectivity index (χ4v) is 2.80. The zero-order chi connectivity index (χ0) is 18.3. The average Bonchev–Trinajstić information content (AvgIpc) is 2.50. The van der Waals surface area contributed by atoms with Gasteiger partial charge in [-0.2, -0.15) is 4.31 Å². The molecule has 1 unspecified atom stereocenters. The fraction of sp³-hybridized carbons (Fsp3) is 0.611. The molecule has 1 N–H and O–H groups in total. The Morgan fingerprint density at radius 2 is 1.79 bits per heavy atom. The van der Waals surface area contributed by atoms with Gasteiger partial charge in [-0.25, -0.2) is 8.42 Å². The van der Waals surface area contributed by atoms with Gasteiger partial charge in [0.2, 0.25) is 15.9 Å². The normalized spacial score (nSPS) is 13.3. The van der Waals surface area contributed by atoms with Gasteiger partial charge in [0, 0.05) is 7.05 Å². The van der Waals surface area contributed by atoms with Crippen molar-refractivity contribution < 1.29 is 13.2 Å². The number of carbonyl (C=O) groups excluding carboxylic acids is 1. The van der Waals surface area contributed by atoms with Crippen LogP contribution in [0.3, 0.4) is 0 Å². The van der Waals surface area contributed by atoms with Gasteiger partial charge in [-0.15, -0.1) is 0 Å². The zero-order valence-corrected chi connectivity index (χ0v) is 16.2. The first-order chi connectivity index (χ1) is 11.1. The molecule has 0 radical (unpaired) electrons. The van der Waals surface area contributed by atoms with Gasteiger partial charge in [0.25, 0.3) is 0 Å². The van der Waals surface area contributed by atoms with E-state index in [1.54, 1.807) is 0 Å². The number of hydrogen-bond donors (Lipinski definition) is 1. The quantitative estimate of drug-likeness (QED) is 0.741. The fourth-order valence-electron chi connectivity index (χ4n) is 2.45. The minimum atomic E-state index is -3.36. The zero-order valence-electron chi connectivity index (χ0n) is 15.4. The van der Waals surface area contributed by atoms with Crippen molar-refractivity contribution in [1.82, 2.24) is 9.62 Å². The number of nitrogens with one attached hydrogen (secondary N) is 1. The van der Waals surface area contributed by atoms with Crippen LogP contribution < -0.4 is 5.32 Å². The van der Waals surface area contributed by atoms with E-state index in [1.807, 2.05) is 13.8 Å². The lowest BCUT2D eigenvalue weighted by Gasteiger charge is -2.24. The minimum Gasteiger partial charge on any atom is -0.348 e. The van der Waals surface area contributed by atoms with E-state index >= 15 is 0 Å². The van der Waals surface area contributed by atoms with Gasteiger partial charge in [-0.1, -0.05) is 51.5 Å². The van der Waals surface area contributed by atoms with Crippen LogP contribution in [0.1, 0.15) is 50.8 Å². The summed E-state index contributed by atoms with van der Waals surface area (Å²) in [6.45, 7) is 6.08. The summed E-state index contributed by atoms with van der Waals surface area (Å²) in [4.78, 5) is 12.2. The first kappa shape index (κ1) is 20.6. The van der Waals surface area contributed by atoms with Crippen molar-refractivity contribution >= 4 is 15.9 Å². The lowest BCUT2D eigenvalue weighted by atomic mass is 9.94. The molecule has 6 heteroatoms. The monoisotopic (exact) mass is 354 g/mol. The van der Waals surface area contributed by atoms with Crippen LogP contribution in [0.2, 0.25) is 0 Å². The van der Waals surface area contributed by atoms with E-state index in [4.69, 9.17) is 0 Å². The van der Waals surface area contributed by atoms with E-state index in [2.05, 4.69) is 36.5 Å². The largest absolute Gasteiger partial charge is 0.348 e. The van der Waals surface area contributed by atoms with Gasteiger partial charge in [-0.3, -0.25) is 4.79 Å². The lowest BCUT2D eigenvalue weighted by molar-refractivity contribution is -0.122. The molecule has 0 bridgehead atoms. The predicted octanol–water partition coefficient (Wildman–Crippen LogP) is 2.73. The molecule has 0 saturated carbocycles. The van der Waals surface area contributed by atoms with Gasteiger partial charge in [0.15, 0.2) is 0 Å². The second-order valence-electron chi connectivity index (χ2n) is 6.65. The Labute approximate surface area is 146 Å². The molecule has 136 valence electrons. The summed E-state index contributed by atoms with van der Waals surface area (Å²) >= 11 is 0. The first-order valence-corrected chi connectivity index (χ1v) is 10.3. The topological polar surface area (TPSA) is 66.5 Å². The molecule has 0 aliphatic heterocycles. The van der Waals surface area contributed by atoms with E-state index in [1.165, 1.54) is 25.5 Å². The van der Waals surface area contributed by atoms with E-state index in [0.717, 1.165) is 22.5 Å². The summed E-state index contributed by atoms with van der Waals surface area (Å²) in [7, 11) is -1.96. The number of hydrogen-bond acceptors (Lipinski definition) is 3. The number of likely N-dealkylation sites (N-methyl/N-ethyl adjacent to an activating group) is 1. The number of unbranched alkanes of at least 4 members (excludes halogenated alkanes) is 1. The molecule has 24 heavy (non-hydrogen) atoms. The Morgan fingerprint density at radius 3 is 2.25 bits per heavy atom. The van der Waals surface area contributed by atoms with Crippen LogP contribution in [-0.4, -0.2) is 38.5 Å². The maximum Gasteiger partial charge on any atom is 0.235 e. The van der Waals surface area contributed by atoms with Gasteiger partial charge < -0.3 is 5.32 Å². The third-order valence-electron chi connectivity index (χ3n) is 4.07. The highest BCUT2D eigenvalue weighted by atomic mass is 32.2. The van der Waals surface area contributed by atoms with Crippen LogP contribution in [0.25, 0.3) is 0 Å². The van der Waals surface area contributed by atoms with E-state index in [9.17, 15) is 13.2 Å². The number of sulfonamides is 1. The average molecular weight is 355 g/mol. The van der Waals surface area contributed by atoms with Crippen molar-refractivity contribution in [2.24, 2.45) is 5.92 Å². The molecule has 0 aliphatic rings. The maximum absolute atomic E-state index is 12.2. The van der Waals surface area contributed by atoms with Crippen molar-refractivity contribution in [2.75, 3.05) is 19.8 Å². The highest BCUT2D eigenvalue weighted by Crippen LogP contribution is 2.22. The van der Waals surface area contributed by atoms with Crippen molar-refractivity contribution in [1.29, 1.82) is 0 Å². The Hall–Kier alpha value is -1.40. The number of amides is 1. The lowest BCUT2D eigenvalue weighted by Crippen LogP contribution is -2.40. The van der Waals surface area contributed by atoms with Gasteiger partial charge >= 0.3 is 0 Å². The summed E-state index contributed by atoms with van der Waals surface area (Å²) in [5, 5.41) is 2.95. The molecule has 0 aliphatic carbocycles. The summed E-state index contributed by atoms with van der Waals surface area (Å²) in [5.74, 6) is -0.0873. The number of benzene rings is 1. The number of nitrogens with zero attached hydrogens (tertiary/aromatic N) is 1. The van der Waals surface area contributed by atoms with E-state index in [0.29, 0.717) is 0 Å². The molecular formula is C18H30N2O3S. The maximum atomic E-state index is 12.2. The number of carbonyl (C=O) groups is 1. The smallest absolute Gasteiger partial charge is 0.235 e. The Bertz CT molecular complexity index is 624. The van der Waals surface area contributed by atoms with Crippen molar-refractivity contribution in [3.8, 4) is 0 Å². The molecule has 0 fully saturated rings. The van der Waals surface area contributed by atoms with Gasteiger partial charge in [-0.05, 0) is 29.9 Å². The molecule has 1 aromatic carbocycles. The summed E-state index contributed by atoms with van der Waals surface area (Å²) in [6.07, 6.45) is 4.49. The molecule has 1 aromatic rings. The third kappa shape index (κ3) is 6.61. The second kappa shape index (κ2) is 9.18. The van der Waals surface area contributed by atoms with Crippen LogP contribution in [-0.2, 0) is 21.2 Å². The molecular weight excluding hydrogens is 324 g/mol. The molecule has 1 rings (SSSR count). The summed E-state index contributed by atoms with van der Waals surface area (Å²) < 4.78 is 23.9. The Kier molecular flexibility index (Phi) is 7.90. The highest BCUT2D eigenvalue weighted by Gasteiger charge is 2.21. The molecule has 0 aromatic heterocycles. The molecule has 1 amide bonds. The third-order valence-corrected chi connectivity index (χ3v) is 5.33. The number of rotatable bonds is 9. The molecule has 0 spiro atoms. The van der Waals surface area contributed by atoms with Crippen LogP contribution >= 0.6 is 0 Å². The molecule has 5 nitrogen and oxygen atoms in total. The van der Waals surface area contributed by atoms with Crippen LogP contribution in [0.5, 0.6) is 0 Å². The minimum absolute atomic E-state index is 0.134. The Morgan fingerprint density at radius 1 is 1.21 bits per heavy atom. The van der Waals surface area contributed by atoms with Gasteiger partial charge in [0.1, 0.15) is 0 Å². The van der Waals surface area contributed by atoms with Crippen molar-refractivity contribution in [2.45, 2.75) is 46.1 Å². The van der Waals surface area contributed by atoms with Crippen molar-refractivity contribution in [3.63, 3.8) is 0 Å². The molecule has 0 heterocycles. The van der Waals surface area contributed by atoms with E-state index < -0.39 is 10.0 Å². The summed E-state index contributed by atoms with van der Waals surface area (Å²) in [6, 6.07) is 8.18. The van der Waals surface area contributed by atoms with Gasteiger partial charge in [0.05, 0.1) is 18.8 Å². The van der Waals surface area contributed by atoms with Crippen LogP contribution in [0.4, 0.5) is 0 Å². The van der Waals surface area contributed by atoms with Crippen LogP contribution in [0, 0.1) is 5.92 Å². The second-order valence-corrected chi connectivity index (χ2v) is 8.74. The standard InChI is InChI=1S/C18H30N2O3S/c1-6-7-8-15-9-11-16(12-10-15)18(14(2)3)19-17(21)13-20(4)24(5,22)23/h9-12,14,18H,6-8,13H2,1-5H3,(H,19,21). The first-order valence-electron chi connectivity index (χ1n) is 8.44. The van der Waals surface area contributed by atoms with Crippen LogP contribution in [0.15, 0.2) is 24.3 Å². The SMILES string of the molecule is CCCCc1ccc(C(NC(=O)CN(C)S(C)(=O)=O)C(C)C)cc1. The number of aryl methyl sites for hydroxylation is 1. The predicted molar refractivity (Wildman–Crippen MR) is 98.2 cm³/mol. The molecule has 0 saturated heterocycles. The molecule has 1 atom stereocenters. The van der Waals surface area contributed by atoms with E-state index in [-0.39, 0.29) is 24.4 Å². The van der Waals surface area contributed by atoms with Crippen molar-refractivity contribution in [3.05, 3.63) is 35.4 Å². The Balaban J connectivity index is 2.78. The summed E-state index contributed by atoms with van der Waals surface area (Å²) in [5.41, 5.74) is 2.34. The highest BCUT2D eigenvalue weighted by molar-refractivity contribution is 7.88.